The molecule has 0 bridgehead atoms. The minimum Gasteiger partial charge on any atom is -0.347 e. The van der Waals surface area contributed by atoms with E-state index in [0.29, 0.717) is 4.90 Å². The highest BCUT2D eigenvalue weighted by molar-refractivity contribution is 7.90. The van der Waals surface area contributed by atoms with E-state index in [1.54, 1.807) is 49.6 Å². The molecule has 3 rings (SSSR count). The highest BCUT2D eigenvalue weighted by atomic mass is 32.2. The van der Waals surface area contributed by atoms with Crippen LogP contribution in [0.1, 0.15) is 0 Å². The second-order valence-electron chi connectivity index (χ2n) is 6.16. The minimum absolute atomic E-state index is 0.000241. The number of likely N-dealkylation sites (N-methyl/N-ethyl adjacent to an activating group) is 1. The summed E-state index contributed by atoms with van der Waals surface area (Å²) in [6.07, 6.45) is 2.85. The smallest absolute Gasteiger partial charge is 0.242 e. The van der Waals surface area contributed by atoms with Crippen LogP contribution in [-0.4, -0.2) is 49.1 Å². The number of carbonyl (C=O) groups is 1. The number of benzene rings is 2. The summed E-state index contributed by atoms with van der Waals surface area (Å²) in [7, 11) is 0.241. The number of sulfone groups is 1. The van der Waals surface area contributed by atoms with Gasteiger partial charge >= 0.3 is 0 Å². The number of imidazole rings is 1. The maximum atomic E-state index is 11.9. The Balaban J connectivity index is 1.93. The van der Waals surface area contributed by atoms with Gasteiger partial charge < -0.3 is 9.47 Å². The van der Waals surface area contributed by atoms with Crippen molar-refractivity contribution < 1.29 is 13.2 Å². The van der Waals surface area contributed by atoms with Crippen LogP contribution in [0.25, 0.3) is 22.2 Å². The molecule has 0 unspecified atom stereocenters. The molecule has 0 fully saturated rings. The minimum atomic E-state index is -3.20. The Labute approximate surface area is 146 Å². The van der Waals surface area contributed by atoms with Gasteiger partial charge in [0.25, 0.3) is 0 Å². The van der Waals surface area contributed by atoms with Gasteiger partial charge in [-0.3, -0.25) is 4.79 Å². The molecule has 0 N–H and O–H groups in total. The summed E-state index contributed by atoms with van der Waals surface area (Å²) < 4.78 is 24.9. The third-order valence-corrected chi connectivity index (χ3v) is 5.17. The lowest BCUT2D eigenvalue weighted by Gasteiger charge is -2.11. The molecule has 0 aliphatic rings. The number of fused-ring (bicyclic) bond motifs is 1. The molecule has 0 aliphatic heterocycles. The van der Waals surface area contributed by atoms with Gasteiger partial charge in [0.1, 0.15) is 6.54 Å². The van der Waals surface area contributed by atoms with Crippen molar-refractivity contribution in [3.63, 3.8) is 0 Å². The van der Waals surface area contributed by atoms with E-state index < -0.39 is 9.84 Å². The zero-order chi connectivity index (χ0) is 18.2. The molecule has 1 amide bonds. The fraction of sp³-hybridized carbons (Fsp3) is 0.222. The monoisotopic (exact) mass is 357 g/mol. The molecule has 1 aromatic heterocycles. The zero-order valence-electron chi connectivity index (χ0n) is 14.3. The Bertz CT molecular complexity index is 1040. The largest absolute Gasteiger partial charge is 0.347 e. The Morgan fingerprint density at radius 3 is 2.32 bits per heavy atom. The van der Waals surface area contributed by atoms with Crippen molar-refractivity contribution in [1.82, 2.24) is 14.5 Å². The molecule has 25 heavy (non-hydrogen) atoms. The van der Waals surface area contributed by atoms with Crippen LogP contribution in [0, 0.1) is 0 Å². The van der Waals surface area contributed by atoms with Crippen molar-refractivity contribution in [1.29, 1.82) is 0 Å². The SMILES string of the molecule is CN(C)C(=O)Cn1cnc2cc(-c3ccc(S(C)(=O)=O)cc3)ccc21. The van der Waals surface area contributed by atoms with Crippen LogP contribution in [-0.2, 0) is 21.2 Å². The lowest BCUT2D eigenvalue weighted by Crippen LogP contribution is -2.25. The topological polar surface area (TPSA) is 72.3 Å². The summed E-state index contributed by atoms with van der Waals surface area (Å²) in [5.74, 6) is -0.000241. The van der Waals surface area contributed by atoms with Crippen LogP contribution in [0.15, 0.2) is 53.7 Å². The molecule has 0 spiro atoms. The normalized spacial score (nSPS) is 11.6. The Kier molecular flexibility index (Phi) is 4.34. The number of hydrogen-bond donors (Lipinski definition) is 0. The summed E-state index contributed by atoms with van der Waals surface area (Å²) in [4.78, 5) is 18.1. The zero-order valence-corrected chi connectivity index (χ0v) is 15.1. The van der Waals surface area contributed by atoms with Crippen LogP contribution in [0.4, 0.5) is 0 Å². The van der Waals surface area contributed by atoms with Crippen molar-refractivity contribution >= 4 is 26.8 Å². The number of amides is 1. The van der Waals surface area contributed by atoms with E-state index in [1.165, 1.54) is 6.26 Å². The van der Waals surface area contributed by atoms with E-state index in [-0.39, 0.29) is 12.5 Å². The molecule has 0 saturated carbocycles. The van der Waals surface area contributed by atoms with Gasteiger partial charge in [0.05, 0.1) is 22.3 Å². The summed E-state index contributed by atoms with van der Waals surface area (Å²) in [5.41, 5.74) is 3.52. The second-order valence-corrected chi connectivity index (χ2v) is 8.18. The van der Waals surface area contributed by atoms with E-state index in [4.69, 9.17) is 0 Å². The number of aromatic nitrogens is 2. The highest BCUT2D eigenvalue weighted by Gasteiger charge is 2.11. The van der Waals surface area contributed by atoms with Crippen molar-refractivity contribution in [2.24, 2.45) is 0 Å². The van der Waals surface area contributed by atoms with Gasteiger partial charge in [-0.15, -0.1) is 0 Å². The quantitative estimate of drug-likeness (QED) is 0.718. The second kappa shape index (κ2) is 6.33. The van der Waals surface area contributed by atoms with E-state index in [2.05, 4.69) is 4.98 Å². The Morgan fingerprint density at radius 1 is 1.08 bits per heavy atom. The average Bonchev–Trinajstić information content (AvgIpc) is 2.96. The maximum absolute atomic E-state index is 11.9. The third-order valence-electron chi connectivity index (χ3n) is 4.04. The standard InChI is InChI=1S/C18H19N3O3S/c1-20(2)18(22)11-21-12-19-16-10-14(6-9-17(16)21)13-4-7-15(8-5-13)25(3,23)24/h4-10,12H,11H2,1-3H3. The van der Waals surface area contributed by atoms with Crippen LogP contribution in [0.2, 0.25) is 0 Å². The Hall–Kier alpha value is -2.67. The third kappa shape index (κ3) is 3.56. The van der Waals surface area contributed by atoms with E-state index in [0.717, 1.165) is 22.2 Å². The predicted octanol–water partition coefficient (Wildman–Crippen LogP) is 2.19. The first-order valence-corrected chi connectivity index (χ1v) is 9.60. The van der Waals surface area contributed by atoms with Gasteiger partial charge in [0.2, 0.25) is 5.91 Å². The fourth-order valence-electron chi connectivity index (χ4n) is 2.55. The van der Waals surface area contributed by atoms with Crippen LogP contribution < -0.4 is 0 Å². The summed E-state index contributed by atoms with van der Waals surface area (Å²) in [5, 5.41) is 0. The highest BCUT2D eigenvalue weighted by Crippen LogP contribution is 2.25. The summed E-state index contributed by atoms with van der Waals surface area (Å²) >= 11 is 0. The molecule has 0 radical (unpaired) electrons. The average molecular weight is 357 g/mol. The molecule has 0 aliphatic carbocycles. The van der Waals surface area contributed by atoms with Crippen molar-refractivity contribution in [3.8, 4) is 11.1 Å². The van der Waals surface area contributed by atoms with E-state index in [9.17, 15) is 13.2 Å². The lowest BCUT2D eigenvalue weighted by atomic mass is 10.1. The number of rotatable bonds is 4. The van der Waals surface area contributed by atoms with Gasteiger partial charge in [-0.05, 0) is 35.4 Å². The van der Waals surface area contributed by atoms with Crippen LogP contribution >= 0.6 is 0 Å². The number of carbonyl (C=O) groups excluding carboxylic acids is 1. The summed E-state index contributed by atoms with van der Waals surface area (Å²) in [6, 6.07) is 12.6. The molecular formula is C18H19N3O3S. The van der Waals surface area contributed by atoms with Crippen LogP contribution in [0.3, 0.4) is 0 Å². The molecule has 3 aromatic rings. The van der Waals surface area contributed by atoms with Gasteiger partial charge in [0.15, 0.2) is 9.84 Å². The van der Waals surface area contributed by atoms with Crippen molar-refractivity contribution in [2.75, 3.05) is 20.4 Å². The lowest BCUT2D eigenvalue weighted by molar-refractivity contribution is -0.129. The first kappa shape index (κ1) is 17.2. The Morgan fingerprint density at radius 2 is 1.72 bits per heavy atom. The fourth-order valence-corrected chi connectivity index (χ4v) is 3.18. The van der Waals surface area contributed by atoms with Gasteiger partial charge in [-0.25, -0.2) is 13.4 Å². The molecule has 2 aromatic carbocycles. The van der Waals surface area contributed by atoms with E-state index in [1.807, 2.05) is 22.8 Å². The molecule has 130 valence electrons. The molecule has 7 heteroatoms. The van der Waals surface area contributed by atoms with Crippen molar-refractivity contribution in [3.05, 3.63) is 48.8 Å². The molecule has 1 heterocycles. The number of hydrogen-bond acceptors (Lipinski definition) is 4. The first-order valence-electron chi connectivity index (χ1n) is 7.71. The molecule has 6 nitrogen and oxygen atoms in total. The van der Waals surface area contributed by atoms with Crippen molar-refractivity contribution in [2.45, 2.75) is 11.4 Å². The number of nitrogens with zero attached hydrogens (tertiary/aromatic N) is 3. The van der Waals surface area contributed by atoms with Gasteiger partial charge in [-0.2, -0.15) is 0 Å². The summed E-state index contributed by atoms with van der Waals surface area (Å²) in [6.45, 7) is 0.242. The first-order chi connectivity index (χ1) is 11.8. The molecular weight excluding hydrogens is 338 g/mol. The van der Waals surface area contributed by atoms with E-state index >= 15 is 0 Å². The molecule has 0 saturated heterocycles. The van der Waals surface area contributed by atoms with Gasteiger partial charge in [-0.1, -0.05) is 18.2 Å². The maximum Gasteiger partial charge on any atom is 0.242 e. The molecule has 0 atom stereocenters. The van der Waals surface area contributed by atoms with Gasteiger partial charge in [0, 0.05) is 20.4 Å². The van der Waals surface area contributed by atoms with Crippen LogP contribution in [0.5, 0.6) is 0 Å². The predicted molar refractivity (Wildman–Crippen MR) is 97.0 cm³/mol.